The van der Waals surface area contributed by atoms with E-state index in [9.17, 15) is 4.79 Å². The molecule has 0 aliphatic heterocycles. The smallest absolute Gasteiger partial charge is 0.166 e. The average Bonchev–Trinajstić information content (AvgIpc) is 2.01. The molecule has 0 saturated carbocycles. The van der Waals surface area contributed by atoms with Gasteiger partial charge in [0.1, 0.15) is 0 Å². The van der Waals surface area contributed by atoms with Crippen LogP contribution in [0, 0.1) is 6.92 Å². The van der Waals surface area contributed by atoms with Gasteiger partial charge in [-0.1, -0.05) is 0 Å². The minimum Gasteiger partial charge on any atom is -0.325 e. The van der Waals surface area contributed by atoms with E-state index in [1.54, 1.807) is 12.4 Å². The van der Waals surface area contributed by atoms with Gasteiger partial charge in [0.15, 0.2) is 5.78 Å². The molecule has 2 N–H and O–H groups in total. The van der Waals surface area contributed by atoms with Gasteiger partial charge in [0.2, 0.25) is 0 Å². The Morgan fingerprint density at radius 1 is 1.50 bits per heavy atom. The molecule has 0 fully saturated rings. The van der Waals surface area contributed by atoms with Crippen LogP contribution in [0.25, 0.3) is 0 Å². The Balaban J connectivity index is 2.80. The molecule has 1 rings (SSSR count). The number of nitrogens with two attached hydrogens (primary N) is 1. The molecular formula is C11H16N2O. The molecule has 0 bridgehead atoms. The summed E-state index contributed by atoms with van der Waals surface area (Å²) >= 11 is 0. The van der Waals surface area contributed by atoms with Crippen LogP contribution in [0.15, 0.2) is 18.5 Å². The fraction of sp³-hybridized carbons (Fsp3) is 0.455. The molecule has 0 amide bonds. The van der Waals surface area contributed by atoms with Crippen molar-refractivity contribution in [2.24, 2.45) is 5.73 Å². The van der Waals surface area contributed by atoms with Gasteiger partial charge in [-0.15, -0.1) is 0 Å². The summed E-state index contributed by atoms with van der Waals surface area (Å²) in [7, 11) is 0. The first-order valence-corrected chi connectivity index (χ1v) is 4.62. The Morgan fingerprint density at radius 2 is 2.14 bits per heavy atom. The maximum atomic E-state index is 11.7. The summed E-state index contributed by atoms with van der Waals surface area (Å²) in [4.78, 5) is 15.7. The Bertz CT molecular complexity index is 339. The molecule has 0 saturated heterocycles. The predicted octanol–water partition coefficient (Wildman–Crippen LogP) is 1.70. The van der Waals surface area contributed by atoms with Crippen molar-refractivity contribution in [1.82, 2.24) is 4.98 Å². The third kappa shape index (κ3) is 3.26. The Kier molecular flexibility index (Phi) is 3.01. The van der Waals surface area contributed by atoms with E-state index in [1.807, 2.05) is 26.8 Å². The van der Waals surface area contributed by atoms with E-state index < -0.39 is 5.54 Å². The number of ketones is 1. The van der Waals surface area contributed by atoms with Gasteiger partial charge in [0.05, 0.1) is 0 Å². The number of pyridine rings is 1. The molecule has 3 nitrogen and oxygen atoms in total. The Hall–Kier alpha value is -1.22. The molecule has 0 unspecified atom stereocenters. The minimum atomic E-state index is -0.458. The van der Waals surface area contributed by atoms with Crippen molar-refractivity contribution in [2.75, 3.05) is 0 Å². The van der Waals surface area contributed by atoms with Crippen LogP contribution >= 0.6 is 0 Å². The number of aryl methyl sites for hydroxylation is 1. The van der Waals surface area contributed by atoms with Gasteiger partial charge in [-0.2, -0.15) is 0 Å². The van der Waals surface area contributed by atoms with Crippen LogP contribution in [-0.4, -0.2) is 16.3 Å². The number of carbonyl (C=O) groups is 1. The van der Waals surface area contributed by atoms with E-state index in [1.165, 1.54) is 0 Å². The highest BCUT2D eigenvalue weighted by Crippen LogP contribution is 2.11. The van der Waals surface area contributed by atoms with Crippen molar-refractivity contribution in [3.05, 3.63) is 29.6 Å². The number of nitrogens with zero attached hydrogens (tertiary/aromatic N) is 1. The molecule has 0 spiro atoms. The van der Waals surface area contributed by atoms with Gasteiger partial charge in [-0.3, -0.25) is 9.78 Å². The van der Waals surface area contributed by atoms with Crippen molar-refractivity contribution >= 4 is 5.78 Å². The van der Waals surface area contributed by atoms with E-state index >= 15 is 0 Å². The van der Waals surface area contributed by atoms with Gasteiger partial charge >= 0.3 is 0 Å². The average molecular weight is 192 g/mol. The third-order valence-corrected chi connectivity index (χ3v) is 1.81. The highest BCUT2D eigenvalue weighted by atomic mass is 16.1. The second-order valence-corrected chi connectivity index (χ2v) is 4.34. The van der Waals surface area contributed by atoms with Gasteiger partial charge in [0, 0.05) is 29.9 Å². The molecule has 1 aromatic heterocycles. The second-order valence-electron chi connectivity index (χ2n) is 4.34. The summed E-state index contributed by atoms with van der Waals surface area (Å²) in [5, 5.41) is 0. The molecule has 14 heavy (non-hydrogen) atoms. The molecule has 0 atom stereocenters. The zero-order chi connectivity index (χ0) is 10.8. The second kappa shape index (κ2) is 3.88. The fourth-order valence-electron chi connectivity index (χ4n) is 1.22. The van der Waals surface area contributed by atoms with E-state index in [0.29, 0.717) is 12.0 Å². The number of carbonyl (C=O) groups excluding carboxylic acids is 1. The van der Waals surface area contributed by atoms with Crippen LogP contribution in [0.3, 0.4) is 0 Å². The first kappa shape index (κ1) is 10.9. The van der Waals surface area contributed by atoms with E-state index in [-0.39, 0.29) is 5.78 Å². The minimum absolute atomic E-state index is 0.0497. The van der Waals surface area contributed by atoms with Gasteiger partial charge in [-0.25, -0.2) is 0 Å². The summed E-state index contributed by atoms with van der Waals surface area (Å²) < 4.78 is 0. The Morgan fingerprint density at radius 3 is 2.64 bits per heavy atom. The number of hydrogen-bond donors (Lipinski definition) is 1. The first-order chi connectivity index (χ1) is 6.38. The molecule has 76 valence electrons. The standard InChI is InChI=1S/C11H16N2O/c1-8-4-9(7-13-6-8)10(14)5-11(2,3)12/h4,6-7H,5,12H2,1-3H3. The SMILES string of the molecule is Cc1cncc(C(=O)CC(C)(C)N)c1. The molecule has 1 heterocycles. The summed E-state index contributed by atoms with van der Waals surface area (Å²) in [5.74, 6) is 0.0497. The van der Waals surface area contributed by atoms with Crippen LogP contribution in [0.5, 0.6) is 0 Å². The number of Topliss-reactive ketones (excluding diaryl/α,β-unsaturated/α-hetero) is 1. The lowest BCUT2D eigenvalue weighted by Gasteiger charge is -2.16. The van der Waals surface area contributed by atoms with E-state index in [0.717, 1.165) is 5.56 Å². The monoisotopic (exact) mass is 192 g/mol. The predicted molar refractivity (Wildman–Crippen MR) is 56.2 cm³/mol. The lowest BCUT2D eigenvalue weighted by atomic mass is 9.96. The van der Waals surface area contributed by atoms with Crippen molar-refractivity contribution in [3.63, 3.8) is 0 Å². The topological polar surface area (TPSA) is 56.0 Å². The molecular weight excluding hydrogens is 176 g/mol. The van der Waals surface area contributed by atoms with Gasteiger partial charge in [0.25, 0.3) is 0 Å². The van der Waals surface area contributed by atoms with Crippen molar-refractivity contribution in [1.29, 1.82) is 0 Å². The zero-order valence-corrected chi connectivity index (χ0v) is 8.87. The molecule has 0 radical (unpaired) electrons. The highest BCUT2D eigenvalue weighted by molar-refractivity contribution is 5.96. The van der Waals surface area contributed by atoms with E-state index in [4.69, 9.17) is 5.73 Å². The quantitative estimate of drug-likeness (QED) is 0.741. The van der Waals surface area contributed by atoms with Gasteiger partial charge < -0.3 is 5.73 Å². The third-order valence-electron chi connectivity index (χ3n) is 1.81. The fourth-order valence-corrected chi connectivity index (χ4v) is 1.22. The van der Waals surface area contributed by atoms with Crippen LogP contribution in [0.4, 0.5) is 0 Å². The summed E-state index contributed by atoms with van der Waals surface area (Å²) in [6.45, 7) is 5.60. The number of hydrogen-bond acceptors (Lipinski definition) is 3. The normalized spacial score (nSPS) is 11.4. The van der Waals surface area contributed by atoms with Crippen LogP contribution < -0.4 is 5.73 Å². The zero-order valence-electron chi connectivity index (χ0n) is 8.87. The van der Waals surface area contributed by atoms with Crippen molar-refractivity contribution < 1.29 is 4.79 Å². The van der Waals surface area contributed by atoms with Crippen LogP contribution in [0.2, 0.25) is 0 Å². The summed E-state index contributed by atoms with van der Waals surface area (Å²) in [6, 6.07) is 1.83. The van der Waals surface area contributed by atoms with E-state index in [2.05, 4.69) is 4.98 Å². The lowest BCUT2D eigenvalue weighted by Crippen LogP contribution is -2.34. The van der Waals surface area contributed by atoms with Crippen LogP contribution in [-0.2, 0) is 0 Å². The lowest BCUT2D eigenvalue weighted by molar-refractivity contribution is 0.0960. The first-order valence-electron chi connectivity index (χ1n) is 4.62. The summed E-state index contributed by atoms with van der Waals surface area (Å²) in [6.07, 6.45) is 3.66. The molecule has 0 aliphatic carbocycles. The van der Waals surface area contributed by atoms with Crippen LogP contribution in [0.1, 0.15) is 36.2 Å². The molecule has 0 aromatic carbocycles. The summed E-state index contributed by atoms with van der Waals surface area (Å²) in [5.41, 5.74) is 6.95. The maximum absolute atomic E-state index is 11.7. The molecule has 1 aromatic rings. The maximum Gasteiger partial charge on any atom is 0.166 e. The van der Waals surface area contributed by atoms with Gasteiger partial charge in [-0.05, 0) is 32.4 Å². The van der Waals surface area contributed by atoms with Crippen molar-refractivity contribution in [2.45, 2.75) is 32.7 Å². The molecule has 3 heteroatoms. The molecule has 0 aliphatic rings. The largest absolute Gasteiger partial charge is 0.325 e. The van der Waals surface area contributed by atoms with Crippen molar-refractivity contribution in [3.8, 4) is 0 Å². The number of aromatic nitrogens is 1. The number of rotatable bonds is 3. The highest BCUT2D eigenvalue weighted by Gasteiger charge is 2.17. The Labute approximate surface area is 84.3 Å².